The summed E-state index contributed by atoms with van der Waals surface area (Å²) in [6.07, 6.45) is 1.76. The second kappa shape index (κ2) is 9.80. The molecule has 0 bridgehead atoms. The third-order valence-corrected chi connectivity index (χ3v) is 5.48. The van der Waals surface area contributed by atoms with E-state index in [1.807, 2.05) is 43.3 Å². The van der Waals surface area contributed by atoms with Gasteiger partial charge in [-0.05, 0) is 42.3 Å². The zero-order chi connectivity index (χ0) is 24.2. The number of pyridine rings is 1. The molecular formula is C25H26N4O5. The zero-order valence-electron chi connectivity index (χ0n) is 19.7. The van der Waals surface area contributed by atoms with E-state index in [1.165, 1.54) is 7.11 Å². The maximum absolute atomic E-state index is 12.0. The minimum absolute atomic E-state index is 0.00958. The Balaban J connectivity index is 1.78. The van der Waals surface area contributed by atoms with Crippen molar-refractivity contribution >= 4 is 22.6 Å². The van der Waals surface area contributed by atoms with Gasteiger partial charge >= 0.3 is 0 Å². The second-order valence-corrected chi connectivity index (χ2v) is 7.62. The normalized spacial score (nSPS) is 10.9. The van der Waals surface area contributed by atoms with Crippen LogP contribution >= 0.6 is 0 Å². The van der Waals surface area contributed by atoms with Gasteiger partial charge in [0.1, 0.15) is 6.61 Å². The Morgan fingerprint density at radius 3 is 2.32 bits per heavy atom. The van der Waals surface area contributed by atoms with Gasteiger partial charge in [0.05, 0.1) is 27.0 Å². The first-order valence-electron chi connectivity index (χ1n) is 10.5. The van der Waals surface area contributed by atoms with Gasteiger partial charge in [-0.3, -0.25) is 9.89 Å². The highest BCUT2D eigenvalue weighted by atomic mass is 16.5. The van der Waals surface area contributed by atoms with Crippen molar-refractivity contribution in [2.24, 2.45) is 0 Å². The molecule has 0 spiro atoms. The van der Waals surface area contributed by atoms with E-state index >= 15 is 0 Å². The van der Waals surface area contributed by atoms with Gasteiger partial charge < -0.3 is 24.3 Å². The summed E-state index contributed by atoms with van der Waals surface area (Å²) in [5, 5.41) is 11.1. The maximum atomic E-state index is 12.0. The Bertz CT molecular complexity index is 1320. The number of nitrogens with one attached hydrogen (secondary N) is 2. The smallest absolute Gasteiger partial charge is 0.250 e. The Labute approximate surface area is 197 Å². The predicted molar refractivity (Wildman–Crippen MR) is 130 cm³/mol. The highest BCUT2D eigenvalue weighted by molar-refractivity contribution is 5.95. The van der Waals surface area contributed by atoms with E-state index in [4.69, 9.17) is 18.9 Å². The lowest BCUT2D eigenvalue weighted by molar-refractivity contribution is -0.119. The number of rotatable bonds is 8. The highest BCUT2D eigenvalue weighted by Crippen LogP contribution is 2.42. The van der Waals surface area contributed by atoms with Crippen LogP contribution in [0.25, 0.3) is 33.4 Å². The Morgan fingerprint density at radius 1 is 0.941 bits per heavy atom. The van der Waals surface area contributed by atoms with E-state index < -0.39 is 0 Å². The third kappa shape index (κ3) is 4.38. The van der Waals surface area contributed by atoms with Crippen molar-refractivity contribution in [3.05, 3.63) is 48.2 Å². The van der Waals surface area contributed by atoms with Crippen LogP contribution in [0, 0.1) is 6.92 Å². The number of hydrogen-bond donors (Lipinski definition) is 2. The lowest BCUT2D eigenvalue weighted by Gasteiger charge is -2.14. The van der Waals surface area contributed by atoms with Gasteiger partial charge in [-0.25, -0.2) is 4.98 Å². The quantitative estimate of drug-likeness (QED) is 0.404. The molecule has 9 nitrogen and oxygen atoms in total. The monoisotopic (exact) mass is 462 g/mol. The SMILES string of the molecule is COCC(=O)Nc1cc(-c2cnc3n[nH]c(-c4cc(OC)c(OC)c(OC)c4)c3c2)ccc1C. The summed E-state index contributed by atoms with van der Waals surface area (Å²) >= 11 is 0. The van der Waals surface area contributed by atoms with E-state index in [2.05, 4.69) is 20.5 Å². The van der Waals surface area contributed by atoms with Crippen LogP contribution in [0.3, 0.4) is 0 Å². The lowest BCUT2D eigenvalue weighted by Crippen LogP contribution is -2.17. The molecule has 4 rings (SSSR count). The van der Waals surface area contributed by atoms with Gasteiger partial charge in [-0.15, -0.1) is 0 Å². The average Bonchev–Trinajstić information content (AvgIpc) is 3.27. The fraction of sp³-hybridized carbons (Fsp3) is 0.240. The molecular weight excluding hydrogens is 436 g/mol. The number of H-pyrrole nitrogens is 1. The summed E-state index contributed by atoms with van der Waals surface area (Å²) in [5.41, 5.74) is 5.61. The fourth-order valence-corrected chi connectivity index (χ4v) is 3.76. The van der Waals surface area contributed by atoms with Crippen LogP contribution in [0.4, 0.5) is 5.69 Å². The summed E-state index contributed by atoms with van der Waals surface area (Å²) in [5.74, 6) is 1.38. The topological polar surface area (TPSA) is 108 Å². The van der Waals surface area contributed by atoms with E-state index in [9.17, 15) is 4.79 Å². The van der Waals surface area contributed by atoms with Crippen molar-refractivity contribution in [2.45, 2.75) is 6.92 Å². The number of fused-ring (bicyclic) bond motifs is 1. The molecule has 0 aliphatic heterocycles. The summed E-state index contributed by atoms with van der Waals surface area (Å²) in [6.45, 7) is 1.93. The fourth-order valence-electron chi connectivity index (χ4n) is 3.76. The molecule has 0 saturated carbocycles. The van der Waals surface area contributed by atoms with E-state index in [0.29, 0.717) is 22.9 Å². The lowest BCUT2D eigenvalue weighted by atomic mass is 10.0. The predicted octanol–water partition coefficient (Wildman–Crippen LogP) is 4.21. The number of anilines is 1. The molecule has 0 fully saturated rings. The number of carbonyl (C=O) groups excluding carboxylic acids is 1. The molecule has 2 aromatic carbocycles. The Kier molecular flexibility index (Phi) is 6.65. The molecule has 0 aliphatic rings. The van der Waals surface area contributed by atoms with Gasteiger partial charge in [0.2, 0.25) is 11.7 Å². The standard InChI is InChI=1S/C25H26N4O5/c1-14-6-7-15(9-19(14)27-22(30)13-31-2)17-8-18-23(28-29-25(18)26-12-17)16-10-20(32-3)24(34-5)21(11-16)33-4/h6-12H,13H2,1-5H3,(H,27,30)(H,26,28,29). The number of ether oxygens (including phenoxy) is 4. The molecule has 1 amide bonds. The van der Waals surface area contributed by atoms with Gasteiger partial charge in [-0.2, -0.15) is 5.10 Å². The van der Waals surface area contributed by atoms with Crippen molar-refractivity contribution < 1.29 is 23.7 Å². The third-order valence-electron chi connectivity index (χ3n) is 5.48. The van der Waals surface area contributed by atoms with Gasteiger partial charge in [0.15, 0.2) is 17.1 Å². The molecule has 0 saturated heterocycles. The number of aromatic nitrogens is 3. The molecule has 9 heteroatoms. The molecule has 34 heavy (non-hydrogen) atoms. The molecule has 176 valence electrons. The summed E-state index contributed by atoms with van der Waals surface area (Å²) in [6, 6.07) is 11.6. The van der Waals surface area contributed by atoms with Crippen LogP contribution in [0.5, 0.6) is 17.2 Å². The molecule has 2 N–H and O–H groups in total. The Hall–Kier alpha value is -4.11. The van der Waals surface area contributed by atoms with Crippen molar-refractivity contribution in [3.63, 3.8) is 0 Å². The minimum Gasteiger partial charge on any atom is -0.493 e. The Morgan fingerprint density at radius 2 is 1.68 bits per heavy atom. The van der Waals surface area contributed by atoms with Crippen LogP contribution in [0.2, 0.25) is 0 Å². The molecule has 0 unspecified atom stereocenters. The maximum Gasteiger partial charge on any atom is 0.250 e. The summed E-state index contributed by atoms with van der Waals surface area (Å²) in [7, 11) is 6.20. The van der Waals surface area contributed by atoms with Crippen LogP contribution in [0.1, 0.15) is 5.56 Å². The number of carbonyl (C=O) groups is 1. The van der Waals surface area contributed by atoms with E-state index in [1.54, 1.807) is 27.5 Å². The summed E-state index contributed by atoms with van der Waals surface area (Å²) < 4.78 is 21.3. The second-order valence-electron chi connectivity index (χ2n) is 7.62. The first kappa shape index (κ1) is 23.1. The number of hydrogen-bond acceptors (Lipinski definition) is 7. The van der Waals surface area contributed by atoms with Crippen LogP contribution < -0.4 is 19.5 Å². The van der Waals surface area contributed by atoms with Crippen LogP contribution in [-0.4, -0.2) is 56.1 Å². The van der Waals surface area contributed by atoms with Crippen LogP contribution in [-0.2, 0) is 9.53 Å². The van der Waals surface area contributed by atoms with Crippen molar-refractivity contribution in [3.8, 4) is 39.6 Å². The van der Waals surface area contributed by atoms with Crippen molar-refractivity contribution in [2.75, 3.05) is 40.4 Å². The number of methoxy groups -OCH3 is 4. The van der Waals surface area contributed by atoms with Crippen molar-refractivity contribution in [1.82, 2.24) is 15.2 Å². The largest absolute Gasteiger partial charge is 0.493 e. The number of nitrogens with zero attached hydrogens (tertiary/aromatic N) is 2. The molecule has 0 radical (unpaired) electrons. The first-order valence-corrected chi connectivity index (χ1v) is 10.5. The van der Waals surface area contributed by atoms with Crippen LogP contribution in [0.15, 0.2) is 42.6 Å². The molecule has 4 aromatic rings. The first-order chi connectivity index (χ1) is 16.5. The van der Waals surface area contributed by atoms with E-state index in [-0.39, 0.29) is 12.5 Å². The molecule has 0 aliphatic carbocycles. The number of aryl methyl sites for hydroxylation is 1. The van der Waals surface area contributed by atoms with Gasteiger partial charge in [0.25, 0.3) is 0 Å². The van der Waals surface area contributed by atoms with E-state index in [0.717, 1.165) is 39.0 Å². The molecule has 2 aromatic heterocycles. The van der Waals surface area contributed by atoms with Gasteiger partial charge in [-0.1, -0.05) is 12.1 Å². The minimum atomic E-state index is -0.212. The van der Waals surface area contributed by atoms with Crippen molar-refractivity contribution in [1.29, 1.82) is 0 Å². The summed E-state index contributed by atoms with van der Waals surface area (Å²) in [4.78, 5) is 16.5. The molecule has 0 atom stereocenters. The zero-order valence-corrected chi connectivity index (χ0v) is 19.7. The highest BCUT2D eigenvalue weighted by Gasteiger charge is 2.18. The van der Waals surface area contributed by atoms with Gasteiger partial charge in [0, 0.05) is 35.5 Å². The average molecular weight is 463 g/mol. The number of benzene rings is 2. The molecule has 2 heterocycles. The number of aromatic amines is 1. The number of amides is 1.